The maximum Gasteiger partial charge on any atom is 0.151 e. The molecule has 4 nitrogen and oxygen atoms in total. The molecule has 1 saturated carbocycles. The Morgan fingerprint density at radius 1 is 1.19 bits per heavy atom. The molecule has 2 fully saturated rings. The first-order chi connectivity index (χ1) is 9.73. The lowest BCUT2D eigenvalue weighted by molar-refractivity contribution is 0.0803. The van der Waals surface area contributed by atoms with Gasteiger partial charge in [-0.15, -0.1) is 0 Å². The predicted molar refractivity (Wildman–Crippen MR) is 88.3 cm³/mol. The van der Waals surface area contributed by atoms with E-state index in [0.717, 1.165) is 25.4 Å². The molecule has 1 N–H and O–H groups in total. The smallest absolute Gasteiger partial charge is 0.151 e. The Labute approximate surface area is 130 Å². The van der Waals surface area contributed by atoms with Crippen molar-refractivity contribution in [1.29, 1.82) is 0 Å². The van der Waals surface area contributed by atoms with Gasteiger partial charge in [0.2, 0.25) is 0 Å². The van der Waals surface area contributed by atoms with E-state index >= 15 is 0 Å². The second kappa shape index (κ2) is 6.55. The number of piperazine rings is 1. The van der Waals surface area contributed by atoms with Crippen LogP contribution in [0.15, 0.2) is 0 Å². The third-order valence-corrected chi connectivity index (χ3v) is 6.71. The number of hydrogen-bond donors (Lipinski definition) is 1. The van der Waals surface area contributed by atoms with Crippen molar-refractivity contribution in [1.82, 2.24) is 10.2 Å². The molecule has 0 amide bonds. The van der Waals surface area contributed by atoms with Gasteiger partial charge in [0, 0.05) is 37.5 Å². The topological polar surface area (TPSA) is 49.4 Å². The van der Waals surface area contributed by atoms with E-state index < -0.39 is 9.84 Å². The number of rotatable bonds is 6. The van der Waals surface area contributed by atoms with Gasteiger partial charge < -0.3 is 5.32 Å². The van der Waals surface area contributed by atoms with Crippen LogP contribution in [0.2, 0.25) is 0 Å². The van der Waals surface area contributed by atoms with E-state index in [0.29, 0.717) is 30.1 Å². The zero-order valence-corrected chi connectivity index (χ0v) is 14.9. The van der Waals surface area contributed by atoms with Gasteiger partial charge in [0.15, 0.2) is 9.84 Å². The fraction of sp³-hybridized carbons (Fsp3) is 1.00. The number of nitrogens with one attached hydrogen (secondary N) is 1. The van der Waals surface area contributed by atoms with Crippen molar-refractivity contribution < 1.29 is 8.42 Å². The fourth-order valence-electron chi connectivity index (χ4n) is 3.28. The summed E-state index contributed by atoms with van der Waals surface area (Å²) in [4.78, 5) is 2.46. The van der Waals surface area contributed by atoms with Crippen LogP contribution >= 0.6 is 0 Å². The predicted octanol–water partition coefficient (Wildman–Crippen LogP) is 1.91. The van der Waals surface area contributed by atoms with E-state index in [9.17, 15) is 8.42 Å². The standard InChI is InChI=1S/C16H32N2O2S/c1-5-9-21(19,20)10-8-18-12-15(16(2,3)4)17-11-14(18)13-6-7-13/h13-15,17H,5-12H2,1-4H3. The van der Waals surface area contributed by atoms with Crippen LogP contribution in [0.25, 0.3) is 0 Å². The minimum absolute atomic E-state index is 0.217. The van der Waals surface area contributed by atoms with Gasteiger partial charge in [-0.05, 0) is 30.6 Å². The minimum Gasteiger partial charge on any atom is -0.311 e. The highest BCUT2D eigenvalue weighted by Gasteiger charge is 2.41. The van der Waals surface area contributed by atoms with E-state index in [-0.39, 0.29) is 5.41 Å². The highest BCUT2D eigenvalue weighted by atomic mass is 32.2. The third kappa shape index (κ3) is 4.93. The summed E-state index contributed by atoms with van der Waals surface area (Å²) in [5.41, 5.74) is 0.217. The largest absolute Gasteiger partial charge is 0.311 e. The summed E-state index contributed by atoms with van der Waals surface area (Å²) in [6.45, 7) is 11.4. The average molecular weight is 317 g/mol. The van der Waals surface area contributed by atoms with Crippen LogP contribution in [0.5, 0.6) is 0 Å². The van der Waals surface area contributed by atoms with E-state index in [4.69, 9.17) is 0 Å². The van der Waals surface area contributed by atoms with Crippen LogP contribution in [-0.4, -0.2) is 56.5 Å². The molecular weight excluding hydrogens is 284 g/mol. The molecule has 124 valence electrons. The molecule has 2 unspecified atom stereocenters. The van der Waals surface area contributed by atoms with Crippen LogP contribution in [-0.2, 0) is 9.84 Å². The Kier molecular flexibility index (Phi) is 5.37. The summed E-state index contributed by atoms with van der Waals surface area (Å²) in [6, 6.07) is 0.988. The van der Waals surface area contributed by atoms with E-state index in [1.165, 1.54) is 12.8 Å². The summed E-state index contributed by atoms with van der Waals surface area (Å²) in [5, 5.41) is 3.69. The van der Waals surface area contributed by atoms with Gasteiger partial charge in [-0.3, -0.25) is 4.90 Å². The van der Waals surface area contributed by atoms with E-state index in [1.54, 1.807) is 0 Å². The first-order valence-corrected chi connectivity index (χ1v) is 10.2. The Hall–Kier alpha value is -0.130. The second-order valence-corrected chi connectivity index (χ2v) is 10.2. The van der Waals surface area contributed by atoms with Crippen LogP contribution in [0.3, 0.4) is 0 Å². The minimum atomic E-state index is -2.87. The summed E-state index contributed by atoms with van der Waals surface area (Å²) < 4.78 is 24.0. The van der Waals surface area contributed by atoms with Gasteiger partial charge in [0.1, 0.15) is 0 Å². The molecule has 2 atom stereocenters. The summed E-state index contributed by atoms with van der Waals surface area (Å²) >= 11 is 0. The van der Waals surface area contributed by atoms with Crippen molar-refractivity contribution in [2.45, 2.75) is 59.0 Å². The molecule has 1 heterocycles. The quantitative estimate of drug-likeness (QED) is 0.813. The normalized spacial score (nSPS) is 28.8. The van der Waals surface area contributed by atoms with E-state index in [1.807, 2.05) is 6.92 Å². The van der Waals surface area contributed by atoms with Crippen molar-refractivity contribution in [3.8, 4) is 0 Å². The molecule has 1 saturated heterocycles. The molecule has 1 aliphatic heterocycles. The highest BCUT2D eigenvalue weighted by molar-refractivity contribution is 7.91. The number of nitrogens with zero attached hydrogens (tertiary/aromatic N) is 1. The molecule has 21 heavy (non-hydrogen) atoms. The molecule has 2 rings (SSSR count). The monoisotopic (exact) mass is 316 g/mol. The SMILES string of the molecule is CCCS(=O)(=O)CCN1CC(C(C)(C)C)NCC1C1CC1. The lowest BCUT2D eigenvalue weighted by atomic mass is 9.84. The second-order valence-electron chi connectivity index (χ2n) is 7.88. The van der Waals surface area contributed by atoms with Crippen molar-refractivity contribution in [3.05, 3.63) is 0 Å². The van der Waals surface area contributed by atoms with Gasteiger partial charge in [-0.1, -0.05) is 27.7 Å². The highest BCUT2D eigenvalue weighted by Crippen LogP contribution is 2.37. The summed E-state index contributed by atoms with van der Waals surface area (Å²) in [7, 11) is -2.87. The fourth-order valence-corrected chi connectivity index (χ4v) is 4.62. The lowest BCUT2D eigenvalue weighted by Crippen LogP contribution is -2.61. The Balaban J connectivity index is 1.97. The zero-order chi connectivity index (χ0) is 15.7. The molecule has 0 radical (unpaired) electrons. The van der Waals surface area contributed by atoms with Gasteiger partial charge >= 0.3 is 0 Å². The summed E-state index contributed by atoms with van der Waals surface area (Å²) in [5.74, 6) is 1.43. The summed E-state index contributed by atoms with van der Waals surface area (Å²) in [6.07, 6.45) is 3.34. The van der Waals surface area contributed by atoms with Gasteiger partial charge in [-0.2, -0.15) is 0 Å². The molecule has 5 heteroatoms. The van der Waals surface area contributed by atoms with Crippen LogP contribution in [0.1, 0.15) is 47.0 Å². The van der Waals surface area contributed by atoms with Crippen molar-refractivity contribution in [2.75, 3.05) is 31.1 Å². The molecule has 0 spiro atoms. The molecular formula is C16H32N2O2S. The Morgan fingerprint density at radius 3 is 2.38 bits per heavy atom. The third-order valence-electron chi connectivity index (χ3n) is 4.88. The van der Waals surface area contributed by atoms with E-state index in [2.05, 4.69) is 31.0 Å². The zero-order valence-electron chi connectivity index (χ0n) is 14.1. The van der Waals surface area contributed by atoms with Crippen LogP contribution in [0.4, 0.5) is 0 Å². The molecule has 0 bridgehead atoms. The average Bonchev–Trinajstić information content (AvgIpc) is 3.19. The number of hydrogen-bond acceptors (Lipinski definition) is 4. The maximum atomic E-state index is 12.0. The van der Waals surface area contributed by atoms with Gasteiger partial charge in [0.25, 0.3) is 0 Å². The van der Waals surface area contributed by atoms with Gasteiger partial charge in [-0.25, -0.2) is 8.42 Å². The number of sulfone groups is 1. The molecule has 0 aromatic heterocycles. The molecule has 0 aromatic carbocycles. The first kappa shape index (κ1) is 17.2. The molecule has 0 aromatic rings. The first-order valence-electron chi connectivity index (χ1n) is 8.41. The lowest BCUT2D eigenvalue weighted by Gasteiger charge is -2.45. The molecule has 2 aliphatic rings. The van der Waals surface area contributed by atoms with Crippen molar-refractivity contribution in [2.24, 2.45) is 11.3 Å². The molecule has 1 aliphatic carbocycles. The van der Waals surface area contributed by atoms with Gasteiger partial charge in [0.05, 0.1) is 5.75 Å². The Morgan fingerprint density at radius 2 is 1.86 bits per heavy atom. The van der Waals surface area contributed by atoms with Crippen LogP contribution < -0.4 is 5.32 Å². The van der Waals surface area contributed by atoms with Crippen molar-refractivity contribution >= 4 is 9.84 Å². The maximum absolute atomic E-state index is 12.0. The van der Waals surface area contributed by atoms with Crippen molar-refractivity contribution in [3.63, 3.8) is 0 Å². The Bertz CT molecular complexity index is 438. The van der Waals surface area contributed by atoms with Crippen LogP contribution in [0, 0.1) is 11.3 Å².